The van der Waals surface area contributed by atoms with Gasteiger partial charge in [-0.2, -0.15) is 0 Å². The van der Waals surface area contributed by atoms with Crippen LogP contribution >= 0.6 is 0 Å². The number of methoxy groups -OCH3 is 1. The van der Waals surface area contributed by atoms with Crippen molar-refractivity contribution in [2.75, 3.05) is 13.7 Å². The number of fused-ring (bicyclic) bond motifs is 1. The third-order valence-corrected chi connectivity index (χ3v) is 3.14. The lowest BCUT2D eigenvalue weighted by atomic mass is 9.96. The summed E-state index contributed by atoms with van der Waals surface area (Å²) in [5.74, 6) is 0.811. The van der Waals surface area contributed by atoms with E-state index in [1.54, 1.807) is 7.11 Å². The molecule has 4 nitrogen and oxygen atoms in total. The van der Waals surface area contributed by atoms with Crippen LogP contribution in [0.15, 0.2) is 0 Å². The predicted octanol–water partition coefficient (Wildman–Crippen LogP) is 3.93. The van der Waals surface area contributed by atoms with E-state index in [0.29, 0.717) is 13.2 Å². The minimum Gasteiger partial charge on any atom is -0.385 e. The van der Waals surface area contributed by atoms with Crippen LogP contribution in [0, 0.1) is 13.8 Å². The second-order valence-corrected chi connectivity index (χ2v) is 4.45. The summed E-state index contributed by atoms with van der Waals surface area (Å²) in [4.78, 5) is 8.90. The summed E-state index contributed by atoms with van der Waals surface area (Å²) in [5.41, 5.74) is 2.89. The minimum absolute atomic E-state index is 0.316. The maximum Gasteiger partial charge on any atom is 0.125 e. The van der Waals surface area contributed by atoms with E-state index < -0.39 is 0 Å². The Morgan fingerprint density at radius 1 is 1.15 bits per heavy atom. The Balaban J connectivity index is 0.000000829. The van der Waals surface area contributed by atoms with Crippen molar-refractivity contribution in [2.45, 2.75) is 67.1 Å². The van der Waals surface area contributed by atoms with Crippen LogP contribution in [-0.2, 0) is 21.7 Å². The highest BCUT2D eigenvalue weighted by Crippen LogP contribution is 2.38. The lowest BCUT2D eigenvalue weighted by Crippen LogP contribution is -2.24. The molecule has 1 atom stereocenters. The monoisotopic (exact) mass is 282 g/mol. The summed E-state index contributed by atoms with van der Waals surface area (Å²) in [6, 6.07) is 0. The Morgan fingerprint density at radius 3 is 2.30 bits per heavy atom. The summed E-state index contributed by atoms with van der Waals surface area (Å²) < 4.78 is 11.0. The molecule has 0 saturated heterocycles. The van der Waals surface area contributed by atoms with E-state index in [9.17, 15) is 0 Å². The van der Waals surface area contributed by atoms with Gasteiger partial charge in [0.1, 0.15) is 11.4 Å². The second-order valence-electron chi connectivity index (χ2n) is 4.45. The maximum absolute atomic E-state index is 5.87. The number of hydrogen-bond acceptors (Lipinski definition) is 4. The topological polar surface area (TPSA) is 44.2 Å². The van der Waals surface area contributed by atoms with E-state index in [1.807, 2.05) is 41.5 Å². The maximum atomic E-state index is 5.87. The molecule has 0 aromatic carbocycles. The molecule has 0 aliphatic carbocycles. The standard InChI is InChI=1S/C12H18N2O2.2C2H6/c1-8-10-7-16-12(3,5-6-15-4)11(10)14-9(2)13-8;2*1-2/h5-7H2,1-4H3;2*1-2H3. The highest BCUT2D eigenvalue weighted by Gasteiger charge is 2.38. The molecule has 0 bridgehead atoms. The third-order valence-electron chi connectivity index (χ3n) is 3.14. The average molecular weight is 282 g/mol. The molecule has 1 unspecified atom stereocenters. The van der Waals surface area contributed by atoms with Gasteiger partial charge in [0.15, 0.2) is 0 Å². The van der Waals surface area contributed by atoms with Gasteiger partial charge in [-0.05, 0) is 20.8 Å². The Hall–Kier alpha value is -1.00. The van der Waals surface area contributed by atoms with Gasteiger partial charge in [0.2, 0.25) is 0 Å². The van der Waals surface area contributed by atoms with Crippen LogP contribution in [0.2, 0.25) is 0 Å². The second kappa shape index (κ2) is 9.03. The van der Waals surface area contributed by atoms with Crippen molar-refractivity contribution in [2.24, 2.45) is 0 Å². The van der Waals surface area contributed by atoms with Gasteiger partial charge < -0.3 is 9.47 Å². The quantitative estimate of drug-likeness (QED) is 0.842. The smallest absolute Gasteiger partial charge is 0.125 e. The Labute approximate surface area is 123 Å². The number of ether oxygens (including phenoxy) is 2. The fourth-order valence-electron chi connectivity index (χ4n) is 2.13. The van der Waals surface area contributed by atoms with E-state index in [4.69, 9.17) is 9.47 Å². The molecular weight excluding hydrogens is 252 g/mol. The van der Waals surface area contributed by atoms with E-state index in [1.165, 1.54) is 0 Å². The molecule has 0 radical (unpaired) electrons. The summed E-state index contributed by atoms with van der Waals surface area (Å²) >= 11 is 0. The molecule has 0 fully saturated rings. The normalized spacial score (nSPS) is 19.4. The zero-order valence-corrected chi connectivity index (χ0v) is 14.3. The van der Waals surface area contributed by atoms with Gasteiger partial charge in [-0.1, -0.05) is 27.7 Å². The lowest BCUT2D eigenvalue weighted by Gasteiger charge is -2.23. The van der Waals surface area contributed by atoms with Gasteiger partial charge in [-0.15, -0.1) is 0 Å². The van der Waals surface area contributed by atoms with E-state index in [2.05, 4.69) is 16.9 Å². The number of rotatable bonds is 3. The molecule has 0 spiro atoms. The average Bonchev–Trinajstić information content (AvgIpc) is 2.79. The fraction of sp³-hybridized carbons (Fsp3) is 0.750. The van der Waals surface area contributed by atoms with Gasteiger partial charge in [0.05, 0.1) is 12.3 Å². The van der Waals surface area contributed by atoms with Crippen LogP contribution in [0.4, 0.5) is 0 Å². The molecule has 2 rings (SSSR count). The van der Waals surface area contributed by atoms with Crippen molar-refractivity contribution in [3.63, 3.8) is 0 Å². The number of aromatic nitrogens is 2. The van der Waals surface area contributed by atoms with Crippen molar-refractivity contribution in [1.29, 1.82) is 0 Å². The first-order chi connectivity index (χ1) is 9.57. The first-order valence-corrected chi connectivity index (χ1v) is 7.54. The summed E-state index contributed by atoms with van der Waals surface area (Å²) in [7, 11) is 1.70. The number of nitrogens with zero attached hydrogens (tertiary/aromatic N) is 2. The highest BCUT2D eigenvalue weighted by atomic mass is 16.5. The summed E-state index contributed by atoms with van der Waals surface area (Å²) in [5, 5.41) is 0. The number of aryl methyl sites for hydroxylation is 2. The largest absolute Gasteiger partial charge is 0.385 e. The Bertz CT molecular complexity index is 408. The van der Waals surface area contributed by atoms with Gasteiger partial charge in [-0.3, -0.25) is 0 Å². The van der Waals surface area contributed by atoms with Crippen LogP contribution in [0.1, 0.15) is 63.8 Å². The molecule has 1 aliphatic rings. The van der Waals surface area contributed by atoms with Crippen LogP contribution in [-0.4, -0.2) is 23.7 Å². The van der Waals surface area contributed by atoms with Crippen LogP contribution < -0.4 is 0 Å². The number of hydrogen-bond donors (Lipinski definition) is 0. The summed E-state index contributed by atoms with van der Waals surface area (Å²) in [6.07, 6.45) is 0.826. The molecule has 2 heterocycles. The van der Waals surface area contributed by atoms with Crippen molar-refractivity contribution in [3.8, 4) is 0 Å². The molecule has 4 heteroatoms. The van der Waals surface area contributed by atoms with Gasteiger partial charge in [0, 0.05) is 31.4 Å². The molecule has 0 N–H and O–H groups in total. The molecule has 1 aromatic heterocycles. The first-order valence-electron chi connectivity index (χ1n) is 7.54. The van der Waals surface area contributed by atoms with Crippen LogP contribution in [0.25, 0.3) is 0 Å². The van der Waals surface area contributed by atoms with Crippen LogP contribution in [0.3, 0.4) is 0 Å². The molecular formula is C16H30N2O2. The molecule has 116 valence electrons. The van der Waals surface area contributed by atoms with E-state index in [0.717, 1.165) is 29.2 Å². The zero-order valence-electron chi connectivity index (χ0n) is 14.3. The SMILES string of the molecule is CC.CC.COCCC1(C)OCc2c(C)nc(C)nc21. The first kappa shape index (κ1) is 19.0. The molecule has 0 saturated carbocycles. The molecule has 1 aromatic rings. The van der Waals surface area contributed by atoms with Crippen LogP contribution in [0.5, 0.6) is 0 Å². The van der Waals surface area contributed by atoms with Gasteiger partial charge in [0.25, 0.3) is 0 Å². The van der Waals surface area contributed by atoms with E-state index >= 15 is 0 Å². The Morgan fingerprint density at radius 2 is 1.75 bits per heavy atom. The minimum atomic E-state index is -0.316. The third kappa shape index (κ3) is 4.25. The van der Waals surface area contributed by atoms with Crippen molar-refractivity contribution in [1.82, 2.24) is 9.97 Å². The van der Waals surface area contributed by atoms with Gasteiger partial charge >= 0.3 is 0 Å². The summed E-state index contributed by atoms with van der Waals surface area (Å²) in [6.45, 7) is 15.3. The zero-order chi connectivity index (χ0) is 15.8. The lowest BCUT2D eigenvalue weighted by molar-refractivity contribution is -0.0450. The van der Waals surface area contributed by atoms with E-state index in [-0.39, 0.29) is 5.60 Å². The predicted molar refractivity (Wildman–Crippen MR) is 82.8 cm³/mol. The Kier molecular flexibility index (Phi) is 8.58. The van der Waals surface area contributed by atoms with Crippen molar-refractivity contribution in [3.05, 3.63) is 22.8 Å². The molecule has 0 amide bonds. The molecule has 1 aliphatic heterocycles. The van der Waals surface area contributed by atoms with Gasteiger partial charge in [-0.25, -0.2) is 9.97 Å². The van der Waals surface area contributed by atoms with Crippen molar-refractivity contribution < 1.29 is 9.47 Å². The highest BCUT2D eigenvalue weighted by molar-refractivity contribution is 5.32. The fourth-order valence-corrected chi connectivity index (χ4v) is 2.13. The van der Waals surface area contributed by atoms with Crippen molar-refractivity contribution >= 4 is 0 Å². The molecule has 20 heavy (non-hydrogen) atoms.